The Labute approximate surface area is 176 Å². The molecule has 0 amide bonds. The molecule has 4 rings (SSSR count). The second-order valence-electron chi connectivity index (χ2n) is 8.36. The average Bonchev–Trinajstić information content (AvgIpc) is 3.38. The summed E-state index contributed by atoms with van der Waals surface area (Å²) in [7, 11) is -2.68. The summed E-state index contributed by atoms with van der Waals surface area (Å²) in [6.45, 7) is 3.52. The van der Waals surface area contributed by atoms with E-state index >= 15 is 0 Å². The van der Waals surface area contributed by atoms with Crippen LogP contribution in [0.2, 0.25) is 0 Å². The molecule has 1 heterocycles. The SMILES string of the molecule is COC(=O)C(NS(=O)(=O)c1ccc2c(c1)oc1ccc(C3CCCC3)cc12)C(C)C. The number of furan rings is 1. The Hall–Kier alpha value is -2.38. The number of methoxy groups -OCH3 is 1. The largest absolute Gasteiger partial charge is 0.468 e. The van der Waals surface area contributed by atoms with Gasteiger partial charge in [0.25, 0.3) is 0 Å². The van der Waals surface area contributed by atoms with Crippen LogP contribution in [0.4, 0.5) is 0 Å². The average molecular weight is 430 g/mol. The van der Waals surface area contributed by atoms with Gasteiger partial charge in [-0.25, -0.2) is 8.42 Å². The van der Waals surface area contributed by atoms with Crippen LogP contribution in [0.3, 0.4) is 0 Å². The van der Waals surface area contributed by atoms with E-state index in [0.29, 0.717) is 11.5 Å². The van der Waals surface area contributed by atoms with Gasteiger partial charge in [0.1, 0.15) is 17.2 Å². The maximum atomic E-state index is 12.9. The quantitative estimate of drug-likeness (QED) is 0.573. The molecule has 0 aliphatic heterocycles. The lowest BCUT2D eigenvalue weighted by molar-refractivity contribution is -0.143. The zero-order chi connectivity index (χ0) is 21.5. The fourth-order valence-electron chi connectivity index (χ4n) is 4.27. The summed E-state index contributed by atoms with van der Waals surface area (Å²) in [6.07, 6.45) is 4.97. The Morgan fingerprint density at radius 3 is 2.47 bits per heavy atom. The minimum absolute atomic E-state index is 0.0552. The lowest BCUT2D eigenvalue weighted by atomic mass is 9.96. The summed E-state index contributed by atoms with van der Waals surface area (Å²) in [4.78, 5) is 12.0. The minimum atomic E-state index is -3.92. The first-order valence-corrected chi connectivity index (χ1v) is 11.8. The van der Waals surface area contributed by atoms with Crippen LogP contribution >= 0.6 is 0 Å². The highest BCUT2D eigenvalue weighted by Gasteiger charge is 2.29. The number of rotatable bonds is 6. The molecule has 0 saturated heterocycles. The molecule has 1 atom stereocenters. The standard InChI is InChI=1S/C23H27NO5S/c1-14(2)22(23(25)28-3)24-30(26,27)17-9-10-18-19-12-16(15-6-4-5-7-15)8-11-20(19)29-21(18)13-17/h8-15,22,24H,4-7H2,1-3H3. The van der Waals surface area contributed by atoms with Crippen molar-refractivity contribution in [2.24, 2.45) is 5.92 Å². The number of sulfonamides is 1. The monoisotopic (exact) mass is 429 g/mol. The number of ether oxygens (including phenoxy) is 1. The van der Waals surface area contributed by atoms with E-state index in [1.54, 1.807) is 26.0 Å². The number of hydrogen-bond acceptors (Lipinski definition) is 5. The number of carbonyl (C=O) groups is 1. The highest BCUT2D eigenvalue weighted by molar-refractivity contribution is 7.89. The highest BCUT2D eigenvalue weighted by Crippen LogP contribution is 2.38. The molecule has 1 unspecified atom stereocenters. The maximum Gasteiger partial charge on any atom is 0.324 e. The zero-order valence-electron chi connectivity index (χ0n) is 17.5. The molecule has 30 heavy (non-hydrogen) atoms. The molecule has 0 radical (unpaired) electrons. The molecule has 0 bridgehead atoms. The highest BCUT2D eigenvalue weighted by atomic mass is 32.2. The van der Waals surface area contributed by atoms with Crippen molar-refractivity contribution < 1.29 is 22.4 Å². The summed E-state index contributed by atoms with van der Waals surface area (Å²) >= 11 is 0. The van der Waals surface area contributed by atoms with Crippen molar-refractivity contribution in [3.05, 3.63) is 42.0 Å². The number of nitrogens with one attached hydrogen (secondary N) is 1. The van der Waals surface area contributed by atoms with Crippen molar-refractivity contribution in [3.8, 4) is 0 Å². The molecular formula is C23H27NO5S. The van der Waals surface area contributed by atoms with Gasteiger partial charge in [0.15, 0.2) is 0 Å². The molecule has 1 fully saturated rings. The van der Waals surface area contributed by atoms with Crippen LogP contribution in [0.15, 0.2) is 45.7 Å². The Bertz CT molecular complexity index is 1190. The molecule has 1 aliphatic carbocycles. The Morgan fingerprint density at radius 1 is 1.07 bits per heavy atom. The molecule has 3 aromatic rings. The van der Waals surface area contributed by atoms with E-state index in [2.05, 4.69) is 16.9 Å². The third kappa shape index (κ3) is 3.84. The van der Waals surface area contributed by atoms with Crippen LogP contribution in [-0.4, -0.2) is 27.5 Å². The molecule has 0 spiro atoms. The molecule has 1 N–H and O–H groups in total. The van der Waals surface area contributed by atoms with E-state index in [9.17, 15) is 13.2 Å². The Kier molecular flexibility index (Phi) is 5.59. The first-order valence-electron chi connectivity index (χ1n) is 10.4. The van der Waals surface area contributed by atoms with Gasteiger partial charge >= 0.3 is 5.97 Å². The first kappa shape index (κ1) is 20.9. The van der Waals surface area contributed by atoms with Gasteiger partial charge in [-0.3, -0.25) is 4.79 Å². The summed E-state index contributed by atoms with van der Waals surface area (Å²) < 4.78 is 38.9. The number of esters is 1. The summed E-state index contributed by atoms with van der Waals surface area (Å²) in [6, 6.07) is 10.1. The third-order valence-electron chi connectivity index (χ3n) is 6.01. The number of benzene rings is 2. The van der Waals surface area contributed by atoms with Gasteiger partial charge in [-0.2, -0.15) is 4.72 Å². The van der Waals surface area contributed by atoms with E-state index in [1.165, 1.54) is 44.4 Å². The second-order valence-corrected chi connectivity index (χ2v) is 10.1. The van der Waals surface area contributed by atoms with Crippen LogP contribution in [0.5, 0.6) is 0 Å². The number of fused-ring (bicyclic) bond motifs is 3. The van der Waals surface area contributed by atoms with Crippen LogP contribution in [0, 0.1) is 5.92 Å². The maximum absolute atomic E-state index is 12.9. The van der Waals surface area contributed by atoms with Gasteiger partial charge in [0.2, 0.25) is 10.0 Å². The topological polar surface area (TPSA) is 85.6 Å². The van der Waals surface area contributed by atoms with Crippen molar-refractivity contribution in [2.75, 3.05) is 7.11 Å². The molecule has 2 aromatic carbocycles. The lowest BCUT2D eigenvalue weighted by Crippen LogP contribution is -2.44. The number of hydrogen-bond donors (Lipinski definition) is 1. The molecule has 1 aromatic heterocycles. The van der Waals surface area contributed by atoms with E-state index in [1.807, 2.05) is 6.07 Å². The zero-order valence-corrected chi connectivity index (χ0v) is 18.3. The van der Waals surface area contributed by atoms with Crippen molar-refractivity contribution in [3.63, 3.8) is 0 Å². The van der Waals surface area contributed by atoms with E-state index in [-0.39, 0.29) is 10.8 Å². The summed E-state index contributed by atoms with van der Waals surface area (Å²) in [5.41, 5.74) is 2.57. The fraction of sp³-hybridized carbons (Fsp3) is 0.435. The minimum Gasteiger partial charge on any atom is -0.468 e. The van der Waals surface area contributed by atoms with Crippen molar-refractivity contribution >= 4 is 37.9 Å². The second kappa shape index (κ2) is 8.04. The van der Waals surface area contributed by atoms with Crippen molar-refractivity contribution in [1.82, 2.24) is 4.72 Å². The van der Waals surface area contributed by atoms with Crippen LogP contribution in [-0.2, 0) is 19.6 Å². The van der Waals surface area contributed by atoms with Crippen LogP contribution in [0.25, 0.3) is 21.9 Å². The van der Waals surface area contributed by atoms with Gasteiger partial charge in [0.05, 0.1) is 12.0 Å². The van der Waals surface area contributed by atoms with E-state index in [4.69, 9.17) is 9.15 Å². The Balaban J connectivity index is 1.70. The van der Waals surface area contributed by atoms with Gasteiger partial charge in [-0.05, 0) is 54.5 Å². The van der Waals surface area contributed by atoms with Crippen molar-refractivity contribution in [1.29, 1.82) is 0 Å². The smallest absolute Gasteiger partial charge is 0.324 e. The summed E-state index contributed by atoms with van der Waals surface area (Å²) in [5, 5.41) is 1.89. The molecule has 160 valence electrons. The first-order chi connectivity index (χ1) is 14.3. The molecule has 1 aliphatic rings. The predicted molar refractivity (Wildman–Crippen MR) is 116 cm³/mol. The molecular weight excluding hydrogens is 402 g/mol. The van der Waals surface area contributed by atoms with Crippen molar-refractivity contribution in [2.45, 2.75) is 56.4 Å². The van der Waals surface area contributed by atoms with E-state index < -0.39 is 22.0 Å². The molecule has 6 nitrogen and oxygen atoms in total. The van der Waals surface area contributed by atoms with Gasteiger partial charge in [0, 0.05) is 16.8 Å². The number of carbonyl (C=O) groups excluding carboxylic acids is 1. The fourth-order valence-corrected chi connectivity index (χ4v) is 5.62. The Morgan fingerprint density at radius 2 is 1.80 bits per heavy atom. The predicted octanol–water partition coefficient (Wildman–Crippen LogP) is 4.72. The third-order valence-corrected chi connectivity index (χ3v) is 7.45. The summed E-state index contributed by atoms with van der Waals surface area (Å²) in [5.74, 6) is -0.275. The molecule has 1 saturated carbocycles. The van der Waals surface area contributed by atoms with Crippen LogP contribution in [0.1, 0.15) is 51.0 Å². The van der Waals surface area contributed by atoms with Gasteiger partial charge in [-0.1, -0.05) is 32.8 Å². The van der Waals surface area contributed by atoms with Crippen LogP contribution < -0.4 is 4.72 Å². The van der Waals surface area contributed by atoms with Gasteiger partial charge < -0.3 is 9.15 Å². The lowest BCUT2D eigenvalue weighted by Gasteiger charge is -2.19. The van der Waals surface area contributed by atoms with E-state index in [0.717, 1.165) is 16.4 Å². The molecule has 7 heteroatoms. The van der Waals surface area contributed by atoms with Gasteiger partial charge in [-0.15, -0.1) is 0 Å². The normalized spacial score (nSPS) is 16.5.